The molecule has 0 bridgehead atoms. The molecule has 2 nitrogen and oxygen atoms in total. The Hall–Kier alpha value is -0.0800. The molecule has 1 aliphatic carbocycles. The first-order valence-corrected chi connectivity index (χ1v) is 6.69. The maximum Gasteiger partial charge on any atom is 0.0448 e. The molecule has 1 aliphatic rings. The van der Waals surface area contributed by atoms with E-state index in [2.05, 4.69) is 12.2 Å². The van der Waals surface area contributed by atoms with E-state index in [1.807, 2.05) is 0 Å². The van der Waals surface area contributed by atoms with E-state index in [1.165, 1.54) is 51.4 Å². The number of hydrogen-bond acceptors (Lipinski definition) is 2. The van der Waals surface area contributed by atoms with Gasteiger partial charge in [-0.2, -0.15) is 0 Å². The Kier molecular flexibility index (Phi) is 6.26. The largest absolute Gasteiger partial charge is 0.396 e. The van der Waals surface area contributed by atoms with Crippen LogP contribution in [0.25, 0.3) is 0 Å². The molecule has 0 aliphatic heterocycles. The van der Waals surface area contributed by atoms with Crippen molar-refractivity contribution in [3.8, 4) is 0 Å². The molecule has 15 heavy (non-hydrogen) atoms. The summed E-state index contributed by atoms with van der Waals surface area (Å²) >= 11 is 0. The Labute approximate surface area is 94.5 Å². The van der Waals surface area contributed by atoms with E-state index < -0.39 is 0 Å². The summed E-state index contributed by atoms with van der Waals surface area (Å²) in [4.78, 5) is 0. The molecule has 0 aromatic carbocycles. The van der Waals surface area contributed by atoms with Gasteiger partial charge in [-0.05, 0) is 32.2 Å². The predicted molar refractivity (Wildman–Crippen MR) is 65.0 cm³/mol. The average Bonchev–Trinajstić information content (AvgIpc) is 2.21. The van der Waals surface area contributed by atoms with Crippen LogP contribution in [-0.2, 0) is 0 Å². The molecule has 0 heterocycles. The summed E-state index contributed by atoms with van der Waals surface area (Å²) in [7, 11) is 0. The summed E-state index contributed by atoms with van der Waals surface area (Å²) in [5, 5.41) is 12.9. The molecule has 0 radical (unpaired) electrons. The fourth-order valence-corrected chi connectivity index (χ4v) is 2.70. The third-order valence-corrected chi connectivity index (χ3v) is 3.65. The van der Waals surface area contributed by atoms with Gasteiger partial charge in [0.2, 0.25) is 0 Å². The lowest BCUT2D eigenvalue weighted by molar-refractivity contribution is 0.176. The van der Waals surface area contributed by atoms with Crippen LogP contribution in [0, 0.1) is 0 Å². The van der Waals surface area contributed by atoms with Crippen LogP contribution in [0.15, 0.2) is 0 Å². The normalized spacial score (nSPS) is 22.0. The van der Waals surface area contributed by atoms with Gasteiger partial charge in [0.1, 0.15) is 0 Å². The van der Waals surface area contributed by atoms with Crippen molar-refractivity contribution >= 4 is 0 Å². The Morgan fingerprint density at radius 1 is 1.07 bits per heavy atom. The zero-order chi connectivity index (χ0) is 11.0. The van der Waals surface area contributed by atoms with Gasteiger partial charge in [0.05, 0.1) is 0 Å². The van der Waals surface area contributed by atoms with Crippen molar-refractivity contribution < 1.29 is 5.11 Å². The van der Waals surface area contributed by atoms with Crippen LogP contribution in [-0.4, -0.2) is 23.8 Å². The van der Waals surface area contributed by atoms with Gasteiger partial charge in [-0.25, -0.2) is 0 Å². The second-order valence-electron chi connectivity index (χ2n) is 4.95. The summed E-state index contributed by atoms with van der Waals surface area (Å²) in [5.74, 6) is 0. The Bertz CT molecular complexity index is 145. The minimum atomic E-state index is 0.255. The topological polar surface area (TPSA) is 32.3 Å². The highest BCUT2D eigenvalue weighted by Gasteiger charge is 2.28. The average molecular weight is 213 g/mol. The number of aliphatic hydroxyl groups is 1. The molecule has 0 amide bonds. The van der Waals surface area contributed by atoms with Crippen LogP contribution < -0.4 is 5.32 Å². The van der Waals surface area contributed by atoms with E-state index in [1.54, 1.807) is 0 Å². The standard InChI is InChI=1S/C13H27NO/c1-2-11-14-13(10-12-15)8-6-4-3-5-7-9-13/h14-15H,2-12H2,1H3. The van der Waals surface area contributed by atoms with E-state index in [0.717, 1.165) is 13.0 Å². The number of nitrogens with one attached hydrogen (secondary N) is 1. The Balaban J connectivity index is 2.49. The van der Waals surface area contributed by atoms with Crippen LogP contribution >= 0.6 is 0 Å². The second-order valence-corrected chi connectivity index (χ2v) is 4.95. The lowest BCUT2D eigenvalue weighted by atomic mass is 9.81. The molecule has 1 saturated carbocycles. The number of hydrogen-bond donors (Lipinski definition) is 2. The van der Waals surface area contributed by atoms with Gasteiger partial charge in [0.25, 0.3) is 0 Å². The first-order valence-electron chi connectivity index (χ1n) is 6.69. The van der Waals surface area contributed by atoms with Gasteiger partial charge in [0.15, 0.2) is 0 Å². The maximum atomic E-state index is 9.21. The van der Waals surface area contributed by atoms with Crippen LogP contribution in [0.4, 0.5) is 0 Å². The number of aliphatic hydroxyl groups excluding tert-OH is 1. The van der Waals surface area contributed by atoms with Crippen LogP contribution in [0.2, 0.25) is 0 Å². The third kappa shape index (κ3) is 4.52. The molecule has 0 unspecified atom stereocenters. The van der Waals surface area contributed by atoms with Gasteiger partial charge >= 0.3 is 0 Å². The zero-order valence-electron chi connectivity index (χ0n) is 10.2. The Morgan fingerprint density at radius 2 is 1.67 bits per heavy atom. The molecular weight excluding hydrogens is 186 g/mol. The van der Waals surface area contributed by atoms with Gasteiger partial charge in [0, 0.05) is 12.1 Å². The molecule has 2 heteroatoms. The molecule has 2 N–H and O–H groups in total. The van der Waals surface area contributed by atoms with Crippen LogP contribution in [0.5, 0.6) is 0 Å². The third-order valence-electron chi connectivity index (χ3n) is 3.65. The van der Waals surface area contributed by atoms with Gasteiger partial charge in [-0.3, -0.25) is 0 Å². The van der Waals surface area contributed by atoms with Crippen molar-refractivity contribution in [2.45, 2.75) is 70.3 Å². The minimum absolute atomic E-state index is 0.255. The van der Waals surface area contributed by atoms with E-state index >= 15 is 0 Å². The summed E-state index contributed by atoms with van der Waals surface area (Å²) in [6.45, 7) is 3.64. The van der Waals surface area contributed by atoms with Crippen molar-refractivity contribution in [3.63, 3.8) is 0 Å². The summed E-state index contributed by atoms with van der Waals surface area (Å²) in [6, 6.07) is 0. The smallest absolute Gasteiger partial charge is 0.0448 e. The molecule has 0 spiro atoms. The highest BCUT2D eigenvalue weighted by atomic mass is 16.3. The molecule has 1 fully saturated rings. The van der Waals surface area contributed by atoms with E-state index in [4.69, 9.17) is 0 Å². The molecule has 0 aromatic rings. The van der Waals surface area contributed by atoms with Crippen LogP contribution in [0.3, 0.4) is 0 Å². The van der Waals surface area contributed by atoms with Crippen molar-refractivity contribution in [1.82, 2.24) is 5.32 Å². The van der Waals surface area contributed by atoms with Gasteiger partial charge < -0.3 is 10.4 Å². The molecule has 1 rings (SSSR count). The molecule has 90 valence electrons. The fraction of sp³-hybridized carbons (Fsp3) is 1.00. The molecular formula is C13H27NO. The van der Waals surface area contributed by atoms with Crippen molar-refractivity contribution in [2.75, 3.05) is 13.2 Å². The highest BCUT2D eigenvalue weighted by molar-refractivity contribution is 4.88. The van der Waals surface area contributed by atoms with Gasteiger partial charge in [-0.1, -0.05) is 39.0 Å². The van der Waals surface area contributed by atoms with E-state index in [-0.39, 0.29) is 5.54 Å². The highest BCUT2D eigenvalue weighted by Crippen LogP contribution is 2.28. The monoisotopic (exact) mass is 213 g/mol. The first kappa shape index (κ1) is 13.0. The summed E-state index contributed by atoms with van der Waals surface area (Å²) in [5.41, 5.74) is 0.255. The molecule has 0 aromatic heterocycles. The number of rotatable bonds is 5. The lowest BCUT2D eigenvalue weighted by Crippen LogP contribution is -2.46. The zero-order valence-corrected chi connectivity index (χ0v) is 10.2. The molecule has 0 saturated heterocycles. The summed E-state index contributed by atoms with van der Waals surface area (Å²) < 4.78 is 0. The van der Waals surface area contributed by atoms with Crippen molar-refractivity contribution in [2.24, 2.45) is 0 Å². The SMILES string of the molecule is CCCNC1(CCO)CCCCCCC1. The Morgan fingerprint density at radius 3 is 2.20 bits per heavy atom. The van der Waals surface area contributed by atoms with E-state index in [0.29, 0.717) is 6.61 Å². The fourth-order valence-electron chi connectivity index (χ4n) is 2.70. The predicted octanol–water partition coefficient (Wildman–Crippen LogP) is 2.85. The first-order chi connectivity index (χ1) is 7.33. The molecule has 0 atom stereocenters. The van der Waals surface area contributed by atoms with Crippen LogP contribution in [0.1, 0.15) is 64.7 Å². The van der Waals surface area contributed by atoms with Crippen molar-refractivity contribution in [1.29, 1.82) is 0 Å². The minimum Gasteiger partial charge on any atom is -0.396 e. The summed E-state index contributed by atoms with van der Waals surface area (Å²) in [6.07, 6.45) is 11.5. The quantitative estimate of drug-likeness (QED) is 0.736. The lowest BCUT2D eigenvalue weighted by Gasteiger charge is -2.36. The second kappa shape index (κ2) is 7.24. The van der Waals surface area contributed by atoms with E-state index in [9.17, 15) is 5.11 Å². The van der Waals surface area contributed by atoms with Gasteiger partial charge in [-0.15, -0.1) is 0 Å². The maximum absolute atomic E-state index is 9.21. The van der Waals surface area contributed by atoms with Crippen molar-refractivity contribution in [3.05, 3.63) is 0 Å².